The van der Waals surface area contributed by atoms with Crippen LogP contribution in [0.4, 0.5) is 18.9 Å². The molecule has 1 amide bonds. The van der Waals surface area contributed by atoms with Crippen LogP contribution in [-0.2, 0) is 16.1 Å². The average molecular weight is 306 g/mol. The van der Waals surface area contributed by atoms with Gasteiger partial charge in [-0.15, -0.1) is 0 Å². The lowest BCUT2D eigenvalue weighted by Crippen LogP contribution is -2.59. The normalized spacial score (nSPS) is 22.0. The molecule has 0 aromatic carbocycles. The summed E-state index contributed by atoms with van der Waals surface area (Å²) in [6.45, 7) is 1.82. The van der Waals surface area contributed by atoms with Gasteiger partial charge in [-0.2, -0.15) is 18.3 Å². The number of amides is 1. The number of nitrogens with two attached hydrogens (primary N) is 1. The Morgan fingerprint density at radius 2 is 2.33 bits per heavy atom. The Hall–Kier alpha value is -1.61. The van der Waals surface area contributed by atoms with Gasteiger partial charge in [0, 0.05) is 12.8 Å². The summed E-state index contributed by atoms with van der Waals surface area (Å²) in [6.07, 6.45) is -0.164. The van der Waals surface area contributed by atoms with Gasteiger partial charge in [0.25, 0.3) is 5.91 Å². The second-order valence-electron chi connectivity index (χ2n) is 5.24. The highest BCUT2D eigenvalue weighted by Gasteiger charge is 2.54. The summed E-state index contributed by atoms with van der Waals surface area (Å²) in [7, 11) is 0. The van der Waals surface area contributed by atoms with Crippen molar-refractivity contribution >= 4 is 11.6 Å². The maximum absolute atomic E-state index is 12.6. The minimum absolute atomic E-state index is 0.0448. The van der Waals surface area contributed by atoms with E-state index in [4.69, 9.17) is 10.5 Å². The van der Waals surface area contributed by atoms with Crippen molar-refractivity contribution in [3.63, 3.8) is 0 Å². The molecule has 0 spiro atoms. The van der Waals surface area contributed by atoms with E-state index in [1.807, 2.05) is 0 Å². The molecule has 1 aromatic heterocycles. The Labute approximate surface area is 119 Å². The Kier molecular flexibility index (Phi) is 4.24. The Morgan fingerprint density at radius 1 is 1.62 bits per heavy atom. The van der Waals surface area contributed by atoms with Gasteiger partial charge in [0.2, 0.25) is 0 Å². The van der Waals surface area contributed by atoms with E-state index < -0.39 is 17.6 Å². The zero-order valence-corrected chi connectivity index (χ0v) is 11.5. The van der Waals surface area contributed by atoms with Crippen LogP contribution >= 0.6 is 0 Å². The number of alkyl halides is 3. The molecule has 1 aliphatic rings. The first-order valence-electron chi connectivity index (χ1n) is 6.51. The summed E-state index contributed by atoms with van der Waals surface area (Å²) in [5, 5.41) is 6.10. The third kappa shape index (κ3) is 3.53. The molecule has 2 atom stereocenters. The van der Waals surface area contributed by atoms with Gasteiger partial charge < -0.3 is 15.8 Å². The fourth-order valence-corrected chi connectivity index (χ4v) is 1.91. The highest BCUT2D eigenvalue weighted by Crippen LogP contribution is 2.29. The summed E-state index contributed by atoms with van der Waals surface area (Å²) in [5.74, 6) is -1.33. The smallest absolute Gasteiger partial charge is 0.376 e. The molecule has 2 heterocycles. The number of nitrogens with zero attached hydrogens (tertiary/aromatic N) is 2. The van der Waals surface area contributed by atoms with Crippen molar-refractivity contribution in [3.8, 4) is 0 Å². The van der Waals surface area contributed by atoms with Crippen LogP contribution in [0, 0.1) is 0 Å². The molecule has 118 valence electrons. The average Bonchev–Trinajstić information content (AvgIpc) is 3.00. The highest BCUT2D eigenvalue weighted by atomic mass is 19.4. The minimum Gasteiger partial charge on any atom is -0.376 e. The summed E-state index contributed by atoms with van der Waals surface area (Å²) in [4.78, 5) is 11.6. The van der Waals surface area contributed by atoms with Crippen LogP contribution in [0.3, 0.4) is 0 Å². The zero-order chi connectivity index (χ0) is 15.7. The molecule has 1 aromatic rings. The summed E-state index contributed by atoms with van der Waals surface area (Å²) in [6, 6.07) is 0. The molecular weight excluding hydrogens is 289 g/mol. The molecule has 2 rings (SSSR count). The number of ether oxygens (including phenoxy) is 1. The first-order chi connectivity index (χ1) is 9.70. The van der Waals surface area contributed by atoms with E-state index in [-0.39, 0.29) is 11.8 Å². The second kappa shape index (κ2) is 5.64. The lowest BCUT2D eigenvalue weighted by atomic mass is 10.0. The number of rotatable bonds is 4. The van der Waals surface area contributed by atoms with E-state index in [1.54, 1.807) is 0 Å². The lowest BCUT2D eigenvalue weighted by Gasteiger charge is -2.25. The van der Waals surface area contributed by atoms with Crippen molar-refractivity contribution in [2.75, 3.05) is 11.9 Å². The number of nitrogens with one attached hydrogen (secondary N) is 1. The third-order valence-corrected chi connectivity index (χ3v) is 3.37. The van der Waals surface area contributed by atoms with E-state index in [9.17, 15) is 18.0 Å². The van der Waals surface area contributed by atoms with Crippen LogP contribution in [0.1, 0.15) is 19.8 Å². The molecule has 9 heteroatoms. The first-order valence-corrected chi connectivity index (χ1v) is 6.51. The predicted molar refractivity (Wildman–Crippen MR) is 68.5 cm³/mol. The summed E-state index contributed by atoms with van der Waals surface area (Å²) in [5.41, 5.74) is 2.25. The van der Waals surface area contributed by atoms with Crippen molar-refractivity contribution in [1.29, 1.82) is 0 Å². The molecule has 1 fully saturated rings. The van der Waals surface area contributed by atoms with Gasteiger partial charge in [-0.25, -0.2) is 0 Å². The fraction of sp³-hybridized carbons (Fsp3) is 0.667. The molecular formula is C12H17F3N4O2. The first kappa shape index (κ1) is 15.8. The SMILES string of the molecule is CC(N)(C(=O)Nc1cnn(CC2CCCO2)c1)C(F)(F)F. The maximum Gasteiger partial charge on any atom is 0.415 e. The number of carbonyl (C=O) groups excluding carboxylic acids is 1. The van der Waals surface area contributed by atoms with Crippen LogP contribution in [0.25, 0.3) is 0 Å². The Balaban J connectivity index is 1.97. The standard InChI is InChI=1S/C12H17F3N4O2/c1-11(16,12(13,14)15)10(20)18-8-5-17-19(6-8)7-9-3-2-4-21-9/h5-6,9H,2-4,7,16H2,1H3,(H,18,20). The van der Waals surface area contributed by atoms with Gasteiger partial charge in [0.05, 0.1) is 24.5 Å². The van der Waals surface area contributed by atoms with Gasteiger partial charge in [-0.1, -0.05) is 0 Å². The molecule has 6 nitrogen and oxygen atoms in total. The third-order valence-electron chi connectivity index (χ3n) is 3.37. The topological polar surface area (TPSA) is 82.2 Å². The minimum atomic E-state index is -4.83. The van der Waals surface area contributed by atoms with Crippen LogP contribution < -0.4 is 11.1 Å². The summed E-state index contributed by atoms with van der Waals surface area (Å²) >= 11 is 0. The number of halogens is 3. The largest absolute Gasteiger partial charge is 0.415 e. The van der Waals surface area contributed by atoms with Crippen LogP contribution in [0.2, 0.25) is 0 Å². The number of hydrogen-bond acceptors (Lipinski definition) is 4. The molecule has 0 saturated carbocycles. The predicted octanol–water partition coefficient (Wildman–Crippen LogP) is 1.28. The van der Waals surface area contributed by atoms with Gasteiger partial charge in [-0.05, 0) is 19.8 Å². The summed E-state index contributed by atoms with van der Waals surface area (Å²) < 4.78 is 44.9. The lowest BCUT2D eigenvalue weighted by molar-refractivity contribution is -0.184. The van der Waals surface area contributed by atoms with E-state index >= 15 is 0 Å². The number of anilines is 1. The van der Waals surface area contributed by atoms with Crippen molar-refractivity contribution < 1.29 is 22.7 Å². The van der Waals surface area contributed by atoms with Crippen LogP contribution in [0.15, 0.2) is 12.4 Å². The van der Waals surface area contributed by atoms with Gasteiger partial charge >= 0.3 is 6.18 Å². The van der Waals surface area contributed by atoms with Gasteiger partial charge in [0.15, 0.2) is 5.54 Å². The molecule has 0 aliphatic carbocycles. The number of carbonyl (C=O) groups is 1. The van der Waals surface area contributed by atoms with E-state index in [0.717, 1.165) is 12.8 Å². The highest BCUT2D eigenvalue weighted by molar-refractivity contribution is 5.98. The number of aromatic nitrogens is 2. The molecule has 2 unspecified atom stereocenters. The Morgan fingerprint density at radius 3 is 2.90 bits per heavy atom. The monoisotopic (exact) mass is 306 g/mol. The quantitative estimate of drug-likeness (QED) is 0.878. The van der Waals surface area contributed by atoms with E-state index in [0.29, 0.717) is 20.1 Å². The van der Waals surface area contributed by atoms with Gasteiger partial charge in [0.1, 0.15) is 0 Å². The number of hydrogen-bond donors (Lipinski definition) is 2. The molecule has 0 bridgehead atoms. The van der Waals surface area contributed by atoms with Crippen molar-refractivity contribution in [1.82, 2.24) is 9.78 Å². The Bertz CT molecular complexity index is 507. The van der Waals surface area contributed by atoms with Crippen molar-refractivity contribution in [2.45, 2.75) is 44.1 Å². The van der Waals surface area contributed by atoms with Crippen molar-refractivity contribution in [2.24, 2.45) is 5.73 Å². The second-order valence-corrected chi connectivity index (χ2v) is 5.24. The van der Waals surface area contributed by atoms with E-state index in [2.05, 4.69) is 10.4 Å². The molecule has 0 radical (unpaired) electrons. The van der Waals surface area contributed by atoms with Crippen molar-refractivity contribution in [3.05, 3.63) is 12.4 Å². The fourth-order valence-electron chi connectivity index (χ4n) is 1.91. The van der Waals surface area contributed by atoms with Gasteiger partial charge in [-0.3, -0.25) is 9.48 Å². The van der Waals surface area contributed by atoms with Crippen LogP contribution in [-0.4, -0.2) is 40.1 Å². The molecule has 1 aliphatic heterocycles. The zero-order valence-electron chi connectivity index (χ0n) is 11.5. The molecule has 21 heavy (non-hydrogen) atoms. The maximum atomic E-state index is 12.6. The van der Waals surface area contributed by atoms with E-state index in [1.165, 1.54) is 17.1 Å². The van der Waals surface area contributed by atoms with Crippen LogP contribution in [0.5, 0.6) is 0 Å². The molecule has 1 saturated heterocycles. The molecule has 3 N–H and O–H groups in total.